The summed E-state index contributed by atoms with van der Waals surface area (Å²) in [5.41, 5.74) is 1.19. The summed E-state index contributed by atoms with van der Waals surface area (Å²) in [5.74, 6) is 0.134. The number of aryl methyl sites for hydroxylation is 1. The topological polar surface area (TPSA) is 59.5 Å². The van der Waals surface area contributed by atoms with Crippen LogP contribution in [0, 0.1) is 12.8 Å². The van der Waals surface area contributed by atoms with Gasteiger partial charge in [-0.05, 0) is 71.4 Å². The Kier molecular flexibility index (Phi) is 4.85. The molecule has 3 rings (SSSR count). The SMILES string of the molecule is Cc1cncc(C(=O)C2CC3CCCC(C2)N3C(=O)OC(C)(C)C)c1. The van der Waals surface area contributed by atoms with Crippen LogP contribution >= 0.6 is 0 Å². The van der Waals surface area contributed by atoms with E-state index in [-0.39, 0.29) is 29.9 Å². The molecule has 0 saturated carbocycles. The number of hydrogen-bond donors (Lipinski definition) is 0. The van der Waals surface area contributed by atoms with E-state index in [1.165, 1.54) is 0 Å². The zero-order valence-corrected chi connectivity index (χ0v) is 15.6. The summed E-state index contributed by atoms with van der Waals surface area (Å²) in [7, 11) is 0. The molecule has 3 heterocycles. The molecule has 2 fully saturated rings. The van der Waals surface area contributed by atoms with E-state index < -0.39 is 5.60 Å². The normalized spacial score (nSPS) is 26.2. The van der Waals surface area contributed by atoms with Gasteiger partial charge in [-0.3, -0.25) is 9.78 Å². The highest BCUT2D eigenvalue weighted by molar-refractivity contribution is 5.98. The van der Waals surface area contributed by atoms with Gasteiger partial charge in [0.05, 0.1) is 0 Å². The van der Waals surface area contributed by atoms with Crippen molar-refractivity contribution in [1.82, 2.24) is 9.88 Å². The van der Waals surface area contributed by atoms with Gasteiger partial charge in [0.25, 0.3) is 0 Å². The van der Waals surface area contributed by atoms with Crippen molar-refractivity contribution >= 4 is 11.9 Å². The number of carbonyl (C=O) groups excluding carboxylic acids is 2. The Hall–Kier alpha value is -1.91. The van der Waals surface area contributed by atoms with Crippen molar-refractivity contribution in [2.24, 2.45) is 5.92 Å². The summed E-state index contributed by atoms with van der Waals surface area (Å²) in [4.78, 5) is 31.6. The third-order valence-electron chi connectivity index (χ3n) is 5.11. The first kappa shape index (κ1) is 17.9. The molecule has 5 nitrogen and oxygen atoms in total. The molecular weight excluding hydrogens is 316 g/mol. The highest BCUT2D eigenvalue weighted by Gasteiger charge is 2.44. The number of pyridine rings is 1. The van der Waals surface area contributed by atoms with Gasteiger partial charge in [-0.2, -0.15) is 0 Å². The number of ether oxygens (including phenoxy) is 1. The van der Waals surface area contributed by atoms with Crippen molar-refractivity contribution in [2.45, 2.75) is 77.5 Å². The monoisotopic (exact) mass is 344 g/mol. The number of nitrogens with zero attached hydrogens (tertiary/aromatic N) is 2. The third-order valence-corrected chi connectivity index (χ3v) is 5.11. The second-order valence-corrected chi connectivity index (χ2v) is 8.41. The van der Waals surface area contributed by atoms with Crippen molar-refractivity contribution in [2.75, 3.05) is 0 Å². The summed E-state index contributed by atoms with van der Waals surface area (Å²) in [6.07, 6.45) is 7.65. The van der Waals surface area contributed by atoms with Crippen LogP contribution in [0.4, 0.5) is 4.79 Å². The van der Waals surface area contributed by atoms with Gasteiger partial charge in [0.1, 0.15) is 5.60 Å². The van der Waals surface area contributed by atoms with Crippen molar-refractivity contribution in [3.8, 4) is 0 Å². The minimum absolute atomic E-state index is 0.0300. The second-order valence-electron chi connectivity index (χ2n) is 8.41. The molecule has 2 atom stereocenters. The van der Waals surface area contributed by atoms with Gasteiger partial charge in [-0.25, -0.2) is 4.79 Å². The number of fused-ring (bicyclic) bond motifs is 2. The fourth-order valence-electron chi connectivity index (χ4n) is 4.13. The summed E-state index contributed by atoms with van der Waals surface area (Å²) in [6, 6.07) is 2.12. The molecule has 25 heavy (non-hydrogen) atoms. The summed E-state index contributed by atoms with van der Waals surface area (Å²) in [5, 5.41) is 0. The molecule has 5 heteroatoms. The molecule has 2 saturated heterocycles. The van der Waals surface area contributed by atoms with Crippen LogP contribution in [0.3, 0.4) is 0 Å². The van der Waals surface area contributed by atoms with Crippen molar-refractivity contribution in [3.63, 3.8) is 0 Å². The molecule has 2 aliphatic heterocycles. The van der Waals surface area contributed by atoms with Crippen LogP contribution in [0.1, 0.15) is 68.8 Å². The van der Waals surface area contributed by atoms with Crippen molar-refractivity contribution in [3.05, 3.63) is 29.6 Å². The smallest absolute Gasteiger partial charge is 0.410 e. The molecule has 0 aliphatic carbocycles. The second kappa shape index (κ2) is 6.77. The fourth-order valence-corrected chi connectivity index (χ4v) is 4.13. The molecule has 1 aromatic heterocycles. The highest BCUT2D eigenvalue weighted by Crippen LogP contribution is 2.39. The molecular formula is C20H28N2O3. The van der Waals surface area contributed by atoms with Crippen LogP contribution in [-0.2, 0) is 4.74 Å². The maximum atomic E-state index is 12.9. The molecule has 1 aromatic rings. The van der Waals surface area contributed by atoms with E-state index in [4.69, 9.17) is 4.74 Å². The Morgan fingerprint density at radius 1 is 1.16 bits per heavy atom. The van der Waals surface area contributed by atoms with Crippen molar-refractivity contribution in [1.29, 1.82) is 0 Å². The molecule has 0 N–H and O–H groups in total. The van der Waals surface area contributed by atoms with Crippen LogP contribution in [-0.4, -0.2) is 39.4 Å². The quantitative estimate of drug-likeness (QED) is 0.757. The highest BCUT2D eigenvalue weighted by atomic mass is 16.6. The predicted octanol–water partition coefficient (Wildman–Crippen LogP) is 4.14. The molecule has 2 bridgehead atoms. The minimum atomic E-state index is -0.495. The fraction of sp³-hybridized carbons (Fsp3) is 0.650. The van der Waals surface area contributed by atoms with Gasteiger partial charge in [0.2, 0.25) is 0 Å². The predicted molar refractivity (Wildman–Crippen MR) is 95.5 cm³/mol. The van der Waals surface area contributed by atoms with Crippen LogP contribution < -0.4 is 0 Å². The zero-order valence-electron chi connectivity index (χ0n) is 15.6. The van der Waals surface area contributed by atoms with Crippen LogP contribution in [0.2, 0.25) is 0 Å². The van der Waals surface area contributed by atoms with Gasteiger partial charge in [-0.15, -0.1) is 0 Å². The summed E-state index contributed by atoms with van der Waals surface area (Å²) >= 11 is 0. The minimum Gasteiger partial charge on any atom is -0.444 e. The van der Waals surface area contributed by atoms with Gasteiger partial charge < -0.3 is 9.64 Å². The first-order chi connectivity index (χ1) is 11.7. The lowest BCUT2D eigenvalue weighted by Gasteiger charge is -2.48. The van der Waals surface area contributed by atoms with E-state index in [0.29, 0.717) is 5.56 Å². The molecule has 0 aromatic carbocycles. The first-order valence-electron chi connectivity index (χ1n) is 9.22. The largest absolute Gasteiger partial charge is 0.444 e. The maximum Gasteiger partial charge on any atom is 0.410 e. The lowest BCUT2D eigenvalue weighted by Crippen LogP contribution is -2.56. The van der Waals surface area contributed by atoms with Crippen LogP contribution in [0.25, 0.3) is 0 Å². The summed E-state index contributed by atoms with van der Waals surface area (Å²) < 4.78 is 5.60. The van der Waals surface area contributed by atoms with E-state index in [1.807, 2.05) is 38.7 Å². The van der Waals surface area contributed by atoms with Gasteiger partial charge >= 0.3 is 6.09 Å². The number of ketones is 1. The number of amides is 1. The van der Waals surface area contributed by atoms with Gasteiger partial charge in [0.15, 0.2) is 5.78 Å². The number of carbonyl (C=O) groups is 2. The number of piperidine rings is 2. The van der Waals surface area contributed by atoms with Gasteiger partial charge in [-0.1, -0.05) is 0 Å². The molecule has 2 aliphatic rings. The first-order valence-corrected chi connectivity index (χ1v) is 9.22. The van der Waals surface area contributed by atoms with Crippen LogP contribution in [0.5, 0.6) is 0 Å². The maximum absolute atomic E-state index is 12.9. The Bertz CT molecular complexity index is 651. The molecule has 0 radical (unpaired) electrons. The molecule has 136 valence electrons. The van der Waals surface area contributed by atoms with E-state index in [9.17, 15) is 9.59 Å². The Labute approximate surface area is 149 Å². The molecule has 0 spiro atoms. The Balaban J connectivity index is 1.75. The lowest BCUT2D eigenvalue weighted by molar-refractivity contribution is -0.0260. The van der Waals surface area contributed by atoms with E-state index in [2.05, 4.69) is 4.98 Å². The standard InChI is InChI=1S/C20H28N2O3/c1-13-8-15(12-21-11-13)18(23)14-9-16-6-5-7-17(10-14)22(16)19(24)25-20(2,3)4/h8,11-12,14,16-17H,5-7,9-10H2,1-4H3. The third kappa shape index (κ3) is 4.02. The Morgan fingerprint density at radius 3 is 2.36 bits per heavy atom. The van der Waals surface area contributed by atoms with E-state index in [0.717, 1.165) is 37.7 Å². The number of rotatable bonds is 2. The average molecular weight is 344 g/mol. The van der Waals surface area contributed by atoms with Gasteiger partial charge in [0, 0.05) is 36.0 Å². The Morgan fingerprint density at radius 2 is 1.80 bits per heavy atom. The molecule has 2 unspecified atom stereocenters. The van der Waals surface area contributed by atoms with E-state index >= 15 is 0 Å². The lowest BCUT2D eigenvalue weighted by atomic mass is 9.76. The number of Topliss-reactive ketones (excluding diaryl/α,β-unsaturated/α-hetero) is 1. The van der Waals surface area contributed by atoms with Crippen LogP contribution in [0.15, 0.2) is 18.5 Å². The average Bonchev–Trinajstić information content (AvgIpc) is 2.51. The van der Waals surface area contributed by atoms with E-state index in [1.54, 1.807) is 12.4 Å². The molecule has 1 amide bonds. The van der Waals surface area contributed by atoms with Crippen molar-refractivity contribution < 1.29 is 14.3 Å². The summed E-state index contributed by atoms with van der Waals surface area (Å²) in [6.45, 7) is 7.62. The number of hydrogen-bond acceptors (Lipinski definition) is 4. The zero-order chi connectivity index (χ0) is 18.2. The number of aromatic nitrogens is 1.